The minimum Gasteiger partial charge on any atom is -0.507 e. The summed E-state index contributed by atoms with van der Waals surface area (Å²) in [5.74, 6) is 0.781. The molecule has 9 aromatic rings. The lowest BCUT2D eigenvalue weighted by Gasteiger charge is -2.28. The molecule has 7 aromatic carbocycles. The van der Waals surface area contributed by atoms with Crippen molar-refractivity contribution < 1.29 is 14.7 Å². The molecule has 0 saturated carbocycles. The van der Waals surface area contributed by atoms with Crippen molar-refractivity contribution in [3.05, 3.63) is 192 Å². The maximum Gasteiger partial charge on any atom is 0.149 e. The summed E-state index contributed by atoms with van der Waals surface area (Å²) in [6.07, 6.45) is 1.57. The van der Waals surface area contributed by atoms with E-state index in [1.165, 1.54) is 0 Å². The second kappa shape index (κ2) is 16.5. The summed E-state index contributed by atoms with van der Waals surface area (Å²) < 4.78 is 61.1. The van der Waals surface area contributed by atoms with Crippen LogP contribution in [0.1, 0.15) is 94.2 Å². The van der Waals surface area contributed by atoms with Gasteiger partial charge >= 0.3 is 0 Å². The molecule has 0 aliphatic rings. The van der Waals surface area contributed by atoms with Crippen LogP contribution in [0.3, 0.4) is 0 Å². The van der Waals surface area contributed by atoms with Gasteiger partial charge in [-0.05, 0) is 128 Å². The van der Waals surface area contributed by atoms with Gasteiger partial charge in [0.05, 0.1) is 33.5 Å². The molecule has 0 atom stereocenters. The Hall–Kier alpha value is -7.04. The first-order valence-corrected chi connectivity index (χ1v) is 22.2. The van der Waals surface area contributed by atoms with E-state index in [2.05, 4.69) is 140 Å². The number of imidazole rings is 1. The Morgan fingerprint density at radius 3 is 1.78 bits per heavy atom. The van der Waals surface area contributed by atoms with E-state index in [9.17, 15) is 5.11 Å². The number of benzene rings is 7. The summed E-state index contributed by atoms with van der Waals surface area (Å²) in [5, 5.41) is 12.6. The molecule has 324 valence electrons. The number of hydrogen-bond acceptors (Lipinski definition) is 3. The molecule has 0 fully saturated rings. The van der Waals surface area contributed by atoms with Crippen LogP contribution >= 0.6 is 0 Å². The molecule has 0 amide bonds. The largest absolute Gasteiger partial charge is 0.507 e. The highest BCUT2D eigenvalue weighted by Crippen LogP contribution is 2.46. The number of para-hydroxylation sites is 1. The maximum absolute atomic E-state index is 12.6. The maximum atomic E-state index is 12.6. The Bertz CT molecular complexity index is 3530. The normalized spacial score (nSPS) is 14.0. The molecule has 0 saturated heterocycles. The van der Waals surface area contributed by atoms with Crippen molar-refractivity contribution in [3.8, 4) is 78.6 Å². The van der Waals surface area contributed by atoms with Crippen LogP contribution in [0.4, 0.5) is 0 Å². The van der Waals surface area contributed by atoms with Crippen molar-refractivity contribution >= 4 is 11.0 Å². The standard InChI is InChI=1S/C61H59N3O/c1-39-24-26-42(27-25-39)44-30-31-62-53(36-44)47-33-45(41-20-15-12-16-21-41)32-46(34-47)49-22-17-23-55-56(49)63-58(50-37-48(59(2,3)4)38-52(57(50)65)61(8,9)10)64(55)54-29-28-43(35-51(54)60(5,6)7)40-18-13-11-14-19-40/h11-38,65H,1-10H3/i1D3,24D,25D,26D,27D. The third kappa shape index (κ3) is 8.54. The lowest BCUT2D eigenvalue weighted by Crippen LogP contribution is -2.18. The van der Waals surface area contributed by atoms with Gasteiger partial charge in [-0.25, -0.2) is 4.98 Å². The van der Waals surface area contributed by atoms with Crippen LogP contribution in [-0.2, 0) is 16.2 Å². The zero-order chi connectivity index (χ0) is 51.8. The molecule has 9 rings (SSSR count). The highest BCUT2D eigenvalue weighted by atomic mass is 16.3. The van der Waals surface area contributed by atoms with E-state index < -0.39 is 42.0 Å². The molecule has 0 spiro atoms. The molecule has 65 heavy (non-hydrogen) atoms. The van der Waals surface area contributed by atoms with Gasteiger partial charge in [0, 0.05) is 27.0 Å². The summed E-state index contributed by atoms with van der Waals surface area (Å²) in [5.41, 5.74) is 11.9. The molecule has 4 nitrogen and oxygen atoms in total. The average Bonchev–Trinajstić information content (AvgIpc) is 3.72. The smallest absolute Gasteiger partial charge is 0.149 e. The van der Waals surface area contributed by atoms with E-state index in [1.807, 2.05) is 54.6 Å². The van der Waals surface area contributed by atoms with Crippen LogP contribution in [-0.4, -0.2) is 19.6 Å². The van der Waals surface area contributed by atoms with E-state index >= 15 is 0 Å². The Kier molecular flexibility index (Phi) is 8.97. The van der Waals surface area contributed by atoms with Gasteiger partial charge in [0.15, 0.2) is 0 Å². The summed E-state index contributed by atoms with van der Waals surface area (Å²) in [6, 6.07) is 44.9. The van der Waals surface area contributed by atoms with Gasteiger partial charge in [-0.3, -0.25) is 9.55 Å². The number of aromatic hydroxyl groups is 1. The molecular weight excluding hydrogens is 791 g/mol. The third-order valence-corrected chi connectivity index (χ3v) is 12.2. The SMILES string of the molecule is [2H]c1c([2H])c(C([2H])([2H])[2H])c([2H])c([2H])c1-c1ccnc(-c2cc(-c3ccccc3)cc(-c3cccc4c3nc(-c3cc(C(C)(C)C)cc(C(C)(C)C)c3O)n4-c3ccc(-c4ccccc4)cc3C(C)(C)C)c2)c1. The van der Waals surface area contributed by atoms with Crippen molar-refractivity contribution in [2.75, 3.05) is 0 Å². The fourth-order valence-corrected chi connectivity index (χ4v) is 8.64. The van der Waals surface area contributed by atoms with Gasteiger partial charge in [-0.15, -0.1) is 0 Å². The van der Waals surface area contributed by atoms with Crippen LogP contribution in [0.5, 0.6) is 5.75 Å². The van der Waals surface area contributed by atoms with Crippen LogP contribution < -0.4 is 0 Å². The number of pyridine rings is 1. The second-order valence-corrected chi connectivity index (χ2v) is 20.1. The van der Waals surface area contributed by atoms with Gasteiger partial charge in [0.1, 0.15) is 11.6 Å². The number of phenols is 1. The Morgan fingerprint density at radius 1 is 0.508 bits per heavy atom. The monoisotopic (exact) mass is 857 g/mol. The molecule has 0 aliphatic carbocycles. The number of aromatic nitrogens is 3. The molecule has 2 aromatic heterocycles. The van der Waals surface area contributed by atoms with Gasteiger partial charge < -0.3 is 5.11 Å². The summed E-state index contributed by atoms with van der Waals surface area (Å²) in [6.45, 7) is 16.8. The minimum absolute atomic E-state index is 0.0104. The first-order valence-electron chi connectivity index (χ1n) is 25.7. The zero-order valence-corrected chi connectivity index (χ0v) is 38.6. The molecular formula is C61H59N3O. The Morgan fingerprint density at radius 2 is 1.14 bits per heavy atom. The van der Waals surface area contributed by atoms with Crippen molar-refractivity contribution in [1.82, 2.24) is 14.5 Å². The summed E-state index contributed by atoms with van der Waals surface area (Å²) >= 11 is 0. The highest BCUT2D eigenvalue weighted by molar-refractivity contribution is 5.98. The van der Waals surface area contributed by atoms with Crippen molar-refractivity contribution in [2.24, 2.45) is 0 Å². The fourth-order valence-electron chi connectivity index (χ4n) is 8.64. The van der Waals surface area contributed by atoms with Gasteiger partial charge in [-0.1, -0.05) is 177 Å². The Balaban J connectivity index is 1.34. The van der Waals surface area contributed by atoms with Gasteiger partial charge in [0.2, 0.25) is 0 Å². The third-order valence-electron chi connectivity index (χ3n) is 12.2. The van der Waals surface area contributed by atoms with Crippen molar-refractivity contribution in [2.45, 2.75) is 85.4 Å². The van der Waals surface area contributed by atoms with E-state index in [0.717, 1.165) is 66.8 Å². The fraction of sp³-hybridized carbons (Fsp3) is 0.213. The number of nitrogens with zero attached hydrogens (tertiary/aromatic N) is 3. The van der Waals surface area contributed by atoms with Crippen molar-refractivity contribution in [1.29, 1.82) is 0 Å². The number of hydrogen-bond donors (Lipinski definition) is 1. The van der Waals surface area contributed by atoms with Gasteiger partial charge in [0.25, 0.3) is 0 Å². The van der Waals surface area contributed by atoms with Gasteiger partial charge in [-0.2, -0.15) is 0 Å². The summed E-state index contributed by atoms with van der Waals surface area (Å²) in [4.78, 5) is 10.4. The van der Waals surface area contributed by atoms with E-state index in [-0.39, 0.29) is 22.1 Å². The first-order chi connectivity index (χ1) is 33.8. The van der Waals surface area contributed by atoms with E-state index in [4.69, 9.17) is 19.6 Å². The lowest BCUT2D eigenvalue weighted by atomic mass is 9.78. The van der Waals surface area contributed by atoms with Crippen LogP contribution in [0, 0.1) is 6.85 Å². The van der Waals surface area contributed by atoms with Crippen molar-refractivity contribution in [3.63, 3.8) is 0 Å². The quantitative estimate of drug-likeness (QED) is 0.174. The topological polar surface area (TPSA) is 50.9 Å². The molecule has 1 N–H and O–H groups in total. The predicted molar refractivity (Wildman–Crippen MR) is 274 cm³/mol. The predicted octanol–water partition coefficient (Wildman–Crippen LogP) is 16.3. The Labute approximate surface area is 395 Å². The molecule has 0 bridgehead atoms. The highest BCUT2D eigenvalue weighted by Gasteiger charge is 2.30. The zero-order valence-electron chi connectivity index (χ0n) is 45.6. The molecule has 0 unspecified atom stereocenters. The number of phenolic OH excluding ortho intramolecular Hbond substituents is 1. The molecule has 2 heterocycles. The number of fused-ring (bicyclic) bond motifs is 1. The minimum atomic E-state index is -2.83. The average molecular weight is 857 g/mol. The van der Waals surface area contributed by atoms with Crippen LogP contribution in [0.15, 0.2) is 170 Å². The molecule has 0 aliphatic heterocycles. The van der Waals surface area contributed by atoms with Crippen LogP contribution in [0.2, 0.25) is 0 Å². The van der Waals surface area contributed by atoms with E-state index in [1.54, 1.807) is 18.3 Å². The molecule has 0 radical (unpaired) electrons. The van der Waals surface area contributed by atoms with Crippen LogP contribution in [0.25, 0.3) is 83.9 Å². The molecule has 4 heteroatoms. The number of rotatable bonds is 7. The lowest BCUT2D eigenvalue weighted by molar-refractivity contribution is 0.446. The summed E-state index contributed by atoms with van der Waals surface area (Å²) in [7, 11) is 0. The second-order valence-electron chi connectivity index (χ2n) is 20.1. The van der Waals surface area contributed by atoms with E-state index in [0.29, 0.717) is 28.2 Å². The first kappa shape index (κ1) is 35.3.